The van der Waals surface area contributed by atoms with Gasteiger partial charge < -0.3 is 29.5 Å². The summed E-state index contributed by atoms with van der Waals surface area (Å²) in [6.45, 7) is 10.2. The van der Waals surface area contributed by atoms with E-state index in [4.69, 9.17) is 24.8 Å². The van der Waals surface area contributed by atoms with Gasteiger partial charge in [0.25, 0.3) is 0 Å². The van der Waals surface area contributed by atoms with E-state index in [1.54, 1.807) is 0 Å². The third kappa shape index (κ3) is 45.1. The van der Waals surface area contributed by atoms with Crippen LogP contribution in [0.25, 0.3) is 0 Å². The zero-order valence-electron chi connectivity index (χ0n) is 14.1. The zero-order chi connectivity index (χ0) is 16.6. The third-order valence-electron chi connectivity index (χ3n) is 1.75. The third-order valence-corrected chi connectivity index (χ3v) is 1.75. The van der Waals surface area contributed by atoms with E-state index in [1.807, 2.05) is 6.92 Å². The van der Waals surface area contributed by atoms with Crippen LogP contribution in [0.5, 0.6) is 0 Å². The van der Waals surface area contributed by atoms with Crippen molar-refractivity contribution >= 4 is 0 Å². The quantitative estimate of drug-likeness (QED) is 0.470. The van der Waals surface area contributed by atoms with Gasteiger partial charge in [0.15, 0.2) is 0 Å². The molecular weight excluding hydrogens is 276 g/mol. The van der Waals surface area contributed by atoms with E-state index in [2.05, 4.69) is 18.6 Å². The SMILES string of the molecule is CCCOCCC.CCCOCCO.OCCOCCO. The van der Waals surface area contributed by atoms with Gasteiger partial charge in [-0.15, -0.1) is 0 Å². The lowest BCUT2D eigenvalue weighted by Gasteiger charge is -1.95. The van der Waals surface area contributed by atoms with Crippen molar-refractivity contribution in [2.45, 2.75) is 40.0 Å². The van der Waals surface area contributed by atoms with Crippen LogP contribution in [0.2, 0.25) is 0 Å². The van der Waals surface area contributed by atoms with Gasteiger partial charge in [-0.05, 0) is 19.3 Å². The van der Waals surface area contributed by atoms with Crippen LogP contribution in [0.15, 0.2) is 0 Å². The summed E-state index contributed by atoms with van der Waals surface area (Å²) < 4.78 is 14.6. The van der Waals surface area contributed by atoms with Crippen LogP contribution in [0.3, 0.4) is 0 Å². The first-order chi connectivity index (χ1) is 10.2. The first kappa shape index (κ1) is 25.7. The molecule has 0 amide bonds. The standard InChI is InChI=1S/C6H14O.C5H12O2.C4H10O3/c1-3-5-7-6-4-2;1-2-4-7-5-3-6;5-1-3-7-4-2-6/h3-6H2,1-2H3;6H,2-5H2,1H3;5-6H,1-4H2. The average molecular weight is 312 g/mol. The molecule has 0 bridgehead atoms. The Morgan fingerprint density at radius 3 is 0.952 bits per heavy atom. The van der Waals surface area contributed by atoms with Gasteiger partial charge in [-0.1, -0.05) is 20.8 Å². The maximum absolute atomic E-state index is 8.17. The Kier molecular flexibility index (Phi) is 39.1. The summed E-state index contributed by atoms with van der Waals surface area (Å²) in [5.74, 6) is 0. The molecular formula is C15H36O6. The minimum atomic E-state index is 0.0278. The van der Waals surface area contributed by atoms with Crippen LogP contribution >= 0.6 is 0 Å². The average Bonchev–Trinajstić information content (AvgIpc) is 2.50. The molecule has 0 atom stereocenters. The van der Waals surface area contributed by atoms with E-state index in [9.17, 15) is 0 Å². The molecule has 0 aliphatic carbocycles. The van der Waals surface area contributed by atoms with Crippen molar-refractivity contribution < 1.29 is 29.5 Å². The summed E-state index contributed by atoms with van der Waals surface area (Å²) in [7, 11) is 0. The molecule has 0 radical (unpaired) electrons. The summed E-state index contributed by atoms with van der Waals surface area (Å²) in [5, 5.41) is 24.3. The number of hydrogen-bond donors (Lipinski definition) is 3. The van der Waals surface area contributed by atoms with E-state index in [0.717, 1.165) is 39.1 Å². The highest BCUT2D eigenvalue weighted by Gasteiger charge is 1.80. The molecule has 0 aromatic carbocycles. The van der Waals surface area contributed by atoms with E-state index in [-0.39, 0.29) is 19.8 Å². The summed E-state index contributed by atoms with van der Waals surface area (Å²) >= 11 is 0. The van der Waals surface area contributed by atoms with Gasteiger partial charge in [0, 0.05) is 19.8 Å². The van der Waals surface area contributed by atoms with Crippen molar-refractivity contribution in [1.82, 2.24) is 0 Å². The van der Waals surface area contributed by atoms with E-state index in [1.165, 1.54) is 0 Å². The Morgan fingerprint density at radius 2 is 0.714 bits per heavy atom. The van der Waals surface area contributed by atoms with Gasteiger partial charge in [-0.2, -0.15) is 0 Å². The molecule has 0 unspecified atom stereocenters. The second kappa shape index (κ2) is 31.9. The molecule has 6 nitrogen and oxygen atoms in total. The Morgan fingerprint density at radius 1 is 0.476 bits per heavy atom. The van der Waals surface area contributed by atoms with Crippen LogP contribution in [0, 0.1) is 0 Å². The lowest BCUT2D eigenvalue weighted by Crippen LogP contribution is -2.03. The molecule has 21 heavy (non-hydrogen) atoms. The molecule has 0 aliphatic heterocycles. The number of rotatable bonds is 12. The van der Waals surface area contributed by atoms with Crippen LogP contribution < -0.4 is 0 Å². The predicted octanol–water partition coefficient (Wildman–Crippen LogP) is 1.22. The number of aliphatic hydroxyl groups excluding tert-OH is 3. The lowest BCUT2D eigenvalue weighted by atomic mass is 10.5. The van der Waals surface area contributed by atoms with Crippen LogP contribution in [-0.2, 0) is 14.2 Å². The number of hydrogen-bond acceptors (Lipinski definition) is 6. The topological polar surface area (TPSA) is 88.4 Å². The largest absolute Gasteiger partial charge is 0.394 e. The van der Waals surface area contributed by atoms with Crippen LogP contribution in [0.4, 0.5) is 0 Å². The van der Waals surface area contributed by atoms with E-state index < -0.39 is 0 Å². The van der Waals surface area contributed by atoms with Gasteiger partial charge in [0.2, 0.25) is 0 Å². The fraction of sp³-hybridized carbons (Fsp3) is 1.00. The smallest absolute Gasteiger partial charge is 0.0698 e. The van der Waals surface area contributed by atoms with E-state index >= 15 is 0 Å². The molecule has 0 aromatic rings. The minimum Gasteiger partial charge on any atom is -0.394 e. The first-order valence-electron chi connectivity index (χ1n) is 7.80. The molecule has 0 aromatic heterocycles. The maximum Gasteiger partial charge on any atom is 0.0698 e. The zero-order valence-corrected chi connectivity index (χ0v) is 14.1. The van der Waals surface area contributed by atoms with Gasteiger partial charge in [0.05, 0.1) is 39.6 Å². The molecule has 6 heteroatoms. The molecule has 132 valence electrons. The monoisotopic (exact) mass is 312 g/mol. The fourth-order valence-electron chi connectivity index (χ4n) is 0.933. The summed E-state index contributed by atoms with van der Waals surface area (Å²) in [6, 6.07) is 0. The van der Waals surface area contributed by atoms with Crippen molar-refractivity contribution in [2.75, 3.05) is 59.5 Å². The maximum atomic E-state index is 8.17. The number of ether oxygens (including phenoxy) is 3. The highest BCUT2D eigenvalue weighted by molar-refractivity contribution is 4.26. The van der Waals surface area contributed by atoms with Crippen molar-refractivity contribution in [3.8, 4) is 0 Å². The molecule has 0 spiro atoms. The molecule has 3 N–H and O–H groups in total. The predicted molar refractivity (Wildman–Crippen MR) is 84.6 cm³/mol. The van der Waals surface area contributed by atoms with Gasteiger partial charge in [-0.3, -0.25) is 0 Å². The van der Waals surface area contributed by atoms with Crippen LogP contribution in [-0.4, -0.2) is 74.8 Å². The molecule has 0 rings (SSSR count). The molecule has 0 heterocycles. The normalized spacial score (nSPS) is 9.43. The van der Waals surface area contributed by atoms with Gasteiger partial charge >= 0.3 is 0 Å². The van der Waals surface area contributed by atoms with E-state index in [0.29, 0.717) is 19.8 Å². The second-order valence-corrected chi connectivity index (χ2v) is 4.01. The van der Waals surface area contributed by atoms with Gasteiger partial charge in [0.1, 0.15) is 0 Å². The molecule has 0 fully saturated rings. The first-order valence-corrected chi connectivity index (χ1v) is 7.80. The van der Waals surface area contributed by atoms with Crippen LogP contribution in [0.1, 0.15) is 40.0 Å². The van der Waals surface area contributed by atoms with Crippen molar-refractivity contribution in [1.29, 1.82) is 0 Å². The Labute approximate surface area is 130 Å². The van der Waals surface area contributed by atoms with Crippen molar-refractivity contribution in [3.05, 3.63) is 0 Å². The lowest BCUT2D eigenvalue weighted by molar-refractivity contribution is 0.0650. The molecule has 0 aliphatic rings. The highest BCUT2D eigenvalue weighted by atomic mass is 16.5. The second-order valence-electron chi connectivity index (χ2n) is 4.01. The summed E-state index contributed by atoms with van der Waals surface area (Å²) in [4.78, 5) is 0. The summed E-state index contributed by atoms with van der Waals surface area (Å²) in [5.41, 5.74) is 0. The Bertz CT molecular complexity index is 99.6. The number of aliphatic hydroxyl groups is 3. The van der Waals surface area contributed by atoms with Crippen molar-refractivity contribution in [3.63, 3.8) is 0 Å². The molecule has 0 saturated carbocycles. The fourth-order valence-corrected chi connectivity index (χ4v) is 0.933. The van der Waals surface area contributed by atoms with Crippen molar-refractivity contribution in [2.24, 2.45) is 0 Å². The highest BCUT2D eigenvalue weighted by Crippen LogP contribution is 1.81. The van der Waals surface area contributed by atoms with Gasteiger partial charge in [-0.25, -0.2) is 0 Å². The Balaban J connectivity index is -0.000000231. The minimum absolute atomic E-state index is 0.0278. The summed E-state index contributed by atoms with van der Waals surface area (Å²) in [6.07, 6.45) is 3.31. The Hall–Kier alpha value is -0.240. The molecule has 0 saturated heterocycles.